The van der Waals surface area contributed by atoms with Gasteiger partial charge in [0.1, 0.15) is 5.56 Å². The molecule has 2 amide bonds. The molecule has 2 aromatic heterocycles. The van der Waals surface area contributed by atoms with Crippen LogP contribution in [0.2, 0.25) is 0 Å². The van der Waals surface area contributed by atoms with Gasteiger partial charge >= 0.3 is 5.63 Å². The predicted molar refractivity (Wildman–Crippen MR) is 117 cm³/mol. The second-order valence-electron chi connectivity index (χ2n) is 7.91. The van der Waals surface area contributed by atoms with Gasteiger partial charge in [0.25, 0.3) is 5.91 Å². The molecule has 3 heterocycles. The van der Waals surface area contributed by atoms with Gasteiger partial charge in [-0.3, -0.25) is 9.59 Å². The number of ether oxygens (including phenoxy) is 1. The number of methoxy groups -OCH3 is 1. The first kappa shape index (κ1) is 19.8. The van der Waals surface area contributed by atoms with E-state index >= 15 is 0 Å². The molecule has 1 aliphatic carbocycles. The van der Waals surface area contributed by atoms with Crippen molar-refractivity contribution in [1.29, 1.82) is 0 Å². The highest BCUT2D eigenvalue weighted by molar-refractivity contribution is 7.10. The van der Waals surface area contributed by atoms with Crippen LogP contribution in [-0.2, 0) is 4.79 Å². The minimum Gasteiger partial charge on any atom is -0.493 e. The first-order valence-corrected chi connectivity index (χ1v) is 11.2. The smallest absolute Gasteiger partial charge is 0.349 e. The van der Waals surface area contributed by atoms with E-state index < -0.39 is 5.63 Å². The van der Waals surface area contributed by atoms with Crippen molar-refractivity contribution in [2.24, 2.45) is 5.92 Å². The van der Waals surface area contributed by atoms with Crippen molar-refractivity contribution in [3.8, 4) is 5.75 Å². The Labute approximate surface area is 182 Å². The molecule has 1 saturated carbocycles. The Morgan fingerprint density at radius 2 is 1.87 bits per heavy atom. The number of rotatable bonds is 4. The van der Waals surface area contributed by atoms with E-state index in [0.29, 0.717) is 48.8 Å². The van der Waals surface area contributed by atoms with Crippen LogP contribution in [0.25, 0.3) is 11.0 Å². The average Bonchev–Trinajstić information content (AvgIpc) is 3.41. The summed E-state index contributed by atoms with van der Waals surface area (Å²) in [5.41, 5.74) is -0.357. The second-order valence-corrected chi connectivity index (χ2v) is 8.89. The van der Waals surface area contributed by atoms with Gasteiger partial charge in [0, 0.05) is 48.3 Å². The highest BCUT2D eigenvalue weighted by atomic mass is 32.1. The van der Waals surface area contributed by atoms with Gasteiger partial charge in [-0.1, -0.05) is 18.2 Å². The van der Waals surface area contributed by atoms with Crippen molar-refractivity contribution in [2.45, 2.75) is 12.3 Å². The Hall–Kier alpha value is -3.13. The molecule has 5 rings (SSSR count). The Morgan fingerprint density at radius 1 is 1.10 bits per heavy atom. The van der Waals surface area contributed by atoms with Crippen LogP contribution in [0.1, 0.15) is 27.6 Å². The first-order chi connectivity index (χ1) is 15.1. The molecule has 2 atom stereocenters. The van der Waals surface area contributed by atoms with E-state index in [0.717, 1.165) is 6.42 Å². The molecular weight excluding hydrogens is 416 g/mol. The lowest BCUT2D eigenvalue weighted by molar-refractivity contribution is -0.134. The molecule has 2 aliphatic rings. The van der Waals surface area contributed by atoms with Gasteiger partial charge in [-0.25, -0.2) is 4.79 Å². The molecule has 1 aromatic carbocycles. The van der Waals surface area contributed by atoms with Crippen LogP contribution in [0, 0.1) is 5.92 Å². The Kier molecular flexibility index (Phi) is 5.02. The molecule has 0 N–H and O–H groups in total. The standard InChI is InChI=1S/C23H22N2O5S/c1-29-18-5-2-4-14-12-17(23(28)30-20(14)18)22(27)25-9-7-24(8-10-25)21(26)16-13-15(16)19-6-3-11-31-19/h2-6,11-12,15-16H,7-10,13H2,1H3/t15-,16-/m1/s1. The zero-order chi connectivity index (χ0) is 21.5. The molecule has 0 bridgehead atoms. The number of para-hydroxylation sites is 1. The quantitative estimate of drug-likeness (QED) is 0.585. The van der Waals surface area contributed by atoms with Gasteiger partial charge in [0.15, 0.2) is 11.3 Å². The molecule has 0 unspecified atom stereocenters. The Morgan fingerprint density at radius 3 is 2.58 bits per heavy atom. The van der Waals surface area contributed by atoms with E-state index in [2.05, 4.69) is 6.07 Å². The van der Waals surface area contributed by atoms with Crippen molar-refractivity contribution < 1.29 is 18.7 Å². The van der Waals surface area contributed by atoms with Gasteiger partial charge in [0.2, 0.25) is 5.91 Å². The van der Waals surface area contributed by atoms with E-state index in [1.54, 1.807) is 40.5 Å². The third-order valence-corrected chi connectivity index (χ3v) is 7.07. The average molecular weight is 439 g/mol. The van der Waals surface area contributed by atoms with Gasteiger partial charge in [0.05, 0.1) is 7.11 Å². The minimum atomic E-state index is -0.683. The molecular formula is C23H22N2O5S. The number of benzene rings is 1. The van der Waals surface area contributed by atoms with E-state index in [1.165, 1.54) is 12.0 Å². The largest absolute Gasteiger partial charge is 0.493 e. The number of carbonyl (C=O) groups is 2. The van der Waals surface area contributed by atoms with Crippen molar-refractivity contribution >= 4 is 34.1 Å². The third-order valence-electron chi connectivity index (χ3n) is 6.07. The molecule has 0 spiro atoms. The van der Waals surface area contributed by atoms with E-state index in [-0.39, 0.29) is 23.3 Å². The van der Waals surface area contributed by atoms with Gasteiger partial charge in [-0.2, -0.15) is 0 Å². The number of hydrogen-bond acceptors (Lipinski definition) is 6. The summed E-state index contributed by atoms with van der Waals surface area (Å²) in [6, 6.07) is 10.9. The molecule has 1 saturated heterocycles. The van der Waals surface area contributed by atoms with Crippen LogP contribution in [0.4, 0.5) is 0 Å². The molecule has 8 heteroatoms. The van der Waals surface area contributed by atoms with Gasteiger partial charge < -0.3 is 19.0 Å². The molecule has 0 radical (unpaired) electrons. The molecule has 7 nitrogen and oxygen atoms in total. The number of thiophene rings is 1. The van der Waals surface area contributed by atoms with Crippen molar-refractivity contribution in [3.05, 3.63) is 62.6 Å². The fraction of sp³-hybridized carbons (Fsp3) is 0.348. The number of amides is 2. The zero-order valence-corrected chi connectivity index (χ0v) is 17.9. The monoisotopic (exact) mass is 438 g/mol. The van der Waals surface area contributed by atoms with Crippen molar-refractivity contribution in [1.82, 2.24) is 9.80 Å². The van der Waals surface area contributed by atoms with Crippen LogP contribution >= 0.6 is 11.3 Å². The lowest BCUT2D eigenvalue weighted by Gasteiger charge is -2.34. The highest BCUT2D eigenvalue weighted by Gasteiger charge is 2.46. The summed E-state index contributed by atoms with van der Waals surface area (Å²) in [7, 11) is 1.50. The molecule has 1 aliphatic heterocycles. The van der Waals surface area contributed by atoms with Crippen LogP contribution in [-0.4, -0.2) is 54.9 Å². The molecule has 160 valence electrons. The lowest BCUT2D eigenvalue weighted by Crippen LogP contribution is -2.51. The number of carbonyl (C=O) groups excluding carboxylic acids is 2. The topological polar surface area (TPSA) is 80.1 Å². The zero-order valence-electron chi connectivity index (χ0n) is 17.1. The number of fused-ring (bicyclic) bond motifs is 1. The Bertz CT molecular complexity index is 1190. The van der Waals surface area contributed by atoms with E-state index in [1.807, 2.05) is 16.3 Å². The van der Waals surface area contributed by atoms with Crippen LogP contribution < -0.4 is 10.4 Å². The van der Waals surface area contributed by atoms with Gasteiger partial charge in [-0.15, -0.1) is 11.3 Å². The van der Waals surface area contributed by atoms with Crippen molar-refractivity contribution in [3.63, 3.8) is 0 Å². The minimum absolute atomic E-state index is 0.000446. The van der Waals surface area contributed by atoms with Crippen LogP contribution in [0.3, 0.4) is 0 Å². The summed E-state index contributed by atoms with van der Waals surface area (Å²) in [5, 5.41) is 2.67. The summed E-state index contributed by atoms with van der Waals surface area (Å²) < 4.78 is 10.6. The van der Waals surface area contributed by atoms with Gasteiger partial charge in [-0.05, 0) is 30.0 Å². The fourth-order valence-electron chi connectivity index (χ4n) is 4.25. The number of nitrogens with zero attached hydrogens (tertiary/aromatic N) is 2. The second kappa shape index (κ2) is 7.85. The summed E-state index contributed by atoms with van der Waals surface area (Å²) in [4.78, 5) is 43.0. The summed E-state index contributed by atoms with van der Waals surface area (Å²) in [6.45, 7) is 1.75. The normalized spacial score (nSPS) is 20.7. The van der Waals surface area contributed by atoms with E-state index in [4.69, 9.17) is 9.15 Å². The third kappa shape index (κ3) is 3.61. The fourth-order valence-corrected chi connectivity index (χ4v) is 5.15. The Balaban J connectivity index is 1.26. The SMILES string of the molecule is COc1cccc2cc(C(=O)N3CCN(C(=O)[C@@H]4C[C@H]4c4cccs4)CC3)c(=O)oc12. The lowest BCUT2D eigenvalue weighted by atomic mass is 10.1. The highest BCUT2D eigenvalue weighted by Crippen LogP contribution is 2.50. The first-order valence-electron chi connectivity index (χ1n) is 10.3. The summed E-state index contributed by atoms with van der Waals surface area (Å²) >= 11 is 1.70. The van der Waals surface area contributed by atoms with Crippen LogP contribution in [0.15, 0.2) is 51.0 Å². The molecule has 3 aromatic rings. The maximum Gasteiger partial charge on any atom is 0.349 e. The maximum atomic E-state index is 13.0. The van der Waals surface area contributed by atoms with Crippen molar-refractivity contribution in [2.75, 3.05) is 33.3 Å². The van der Waals surface area contributed by atoms with Crippen LogP contribution in [0.5, 0.6) is 5.75 Å². The summed E-state index contributed by atoms with van der Waals surface area (Å²) in [6.07, 6.45) is 0.903. The summed E-state index contributed by atoms with van der Waals surface area (Å²) in [5.74, 6) is 0.646. The predicted octanol–water partition coefficient (Wildman–Crippen LogP) is 2.95. The maximum absolute atomic E-state index is 13.0. The molecule has 2 fully saturated rings. The number of piperazine rings is 1. The van der Waals surface area contributed by atoms with E-state index in [9.17, 15) is 14.4 Å². The number of hydrogen-bond donors (Lipinski definition) is 0. The molecule has 31 heavy (non-hydrogen) atoms.